The quantitative estimate of drug-likeness (QED) is 0.794. The number of thiazole rings is 1. The first-order valence-corrected chi connectivity index (χ1v) is 7.24. The molecule has 1 aromatic carbocycles. The number of hydrogen-bond donors (Lipinski definition) is 0. The summed E-state index contributed by atoms with van der Waals surface area (Å²) in [7, 11) is 1.34. The highest BCUT2D eigenvalue weighted by Gasteiger charge is 2.19. The van der Waals surface area contributed by atoms with Crippen molar-refractivity contribution in [3.63, 3.8) is 0 Å². The summed E-state index contributed by atoms with van der Waals surface area (Å²) in [5.74, 6) is 0.319. The molecule has 0 aliphatic carbocycles. The number of nitrogens with zero attached hydrogens (tertiary/aromatic N) is 1. The molecule has 100 valence electrons. The fraction of sp³-hybridized carbons (Fsp3) is 0.231. The van der Waals surface area contributed by atoms with Gasteiger partial charge in [0.2, 0.25) is 0 Å². The Morgan fingerprint density at radius 1 is 1.47 bits per heavy atom. The fourth-order valence-corrected chi connectivity index (χ4v) is 3.06. The van der Waals surface area contributed by atoms with Crippen LogP contribution < -0.4 is 4.74 Å². The minimum absolute atomic E-state index is 0.313. The number of methoxy groups -OCH3 is 1. The molecule has 0 N–H and O–H groups in total. The Balaban J connectivity index is 2.46. The molecule has 0 atom stereocenters. The molecule has 0 saturated heterocycles. The maximum atomic E-state index is 11.7. The first kappa shape index (κ1) is 14.0. The van der Waals surface area contributed by atoms with Crippen molar-refractivity contribution in [2.24, 2.45) is 0 Å². The van der Waals surface area contributed by atoms with E-state index in [2.05, 4.69) is 20.9 Å². The lowest BCUT2D eigenvalue weighted by Gasteiger charge is -2.05. The van der Waals surface area contributed by atoms with Gasteiger partial charge in [0, 0.05) is 0 Å². The standard InChI is InChI=1S/C13H12BrNO3S/c1-3-18-9-6-4-5-8(7-9)11-10(12(16)17-2)15-13(14)19-11/h4-7H,3H2,1-2H3. The van der Waals surface area contributed by atoms with Crippen molar-refractivity contribution in [1.29, 1.82) is 0 Å². The second-order valence-electron chi connectivity index (χ2n) is 3.60. The van der Waals surface area contributed by atoms with Crippen molar-refractivity contribution < 1.29 is 14.3 Å². The van der Waals surface area contributed by atoms with Crippen LogP contribution in [0.2, 0.25) is 0 Å². The van der Waals surface area contributed by atoms with Gasteiger partial charge in [-0.1, -0.05) is 12.1 Å². The summed E-state index contributed by atoms with van der Waals surface area (Å²) in [6, 6.07) is 7.56. The molecule has 0 bridgehead atoms. The third-order valence-electron chi connectivity index (χ3n) is 2.39. The molecule has 0 unspecified atom stereocenters. The zero-order valence-corrected chi connectivity index (χ0v) is 12.9. The number of carbonyl (C=O) groups is 1. The first-order valence-electron chi connectivity index (χ1n) is 5.63. The molecule has 0 saturated carbocycles. The summed E-state index contributed by atoms with van der Waals surface area (Å²) in [6.45, 7) is 2.52. The molecule has 1 heterocycles. The number of esters is 1. The van der Waals surface area contributed by atoms with E-state index in [0.29, 0.717) is 16.2 Å². The second-order valence-corrected chi connectivity index (χ2v) is 5.87. The molecule has 19 heavy (non-hydrogen) atoms. The number of aromatic nitrogens is 1. The molecule has 0 spiro atoms. The molecular weight excluding hydrogens is 330 g/mol. The van der Waals surface area contributed by atoms with Gasteiger partial charge in [0.25, 0.3) is 0 Å². The van der Waals surface area contributed by atoms with Gasteiger partial charge in [-0.05, 0) is 40.5 Å². The Morgan fingerprint density at radius 3 is 2.95 bits per heavy atom. The summed E-state index contributed by atoms with van der Waals surface area (Å²) in [5, 5.41) is 0. The number of hydrogen-bond acceptors (Lipinski definition) is 5. The van der Waals surface area contributed by atoms with Crippen LogP contribution in [0.3, 0.4) is 0 Å². The van der Waals surface area contributed by atoms with E-state index in [4.69, 9.17) is 9.47 Å². The molecular formula is C13H12BrNO3S. The van der Waals surface area contributed by atoms with Gasteiger partial charge in [-0.3, -0.25) is 0 Å². The van der Waals surface area contributed by atoms with Gasteiger partial charge in [0.05, 0.1) is 18.6 Å². The van der Waals surface area contributed by atoms with E-state index in [-0.39, 0.29) is 0 Å². The summed E-state index contributed by atoms with van der Waals surface area (Å²) >= 11 is 4.68. The van der Waals surface area contributed by atoms with E-state index in [1.165, 1.54) is 18.4 Å². The van der Waals surface area contributed by atoms with Crippen molar-refractivity contribution in [3.05, 3.63) is 33.9 Å². The molecule has 2 aromatic rings. The number of halogens is 1. The predicted molar refractivity (Wildman–Crippen MR) is 77.8 cm³/mol. The topological polar surface area (TPSA) is 48.4 Å². The van der Waals surface area contributed by atoms with Gasteiger partial charge in [-0.15, -0.1) is 11.3 Å². The molecule has 0 aliphatic rings. The molecule has 0 aliphatic heterocycles. The van der Waals surface area contributed by atoms with E-state index < -0.39 is 5.97 Å². The van der Waals surface area contributed by atoms with Crippen LogP contribution >= 0.6 is 27.3 Å². The van der Waals surface area contributed by atoms with Gasteiger partial charge in [-0.2, -0.15) is 0 Å². The Kier molecular flexibility index (Phi) is 4.55. The maximum absolute atomic E-state index is 11.7. The average Bonchev–Trinajstić information content (AvgIpc) is 2.81. The van der Waals surface area contributed by atoms with Crippen LogP contribution in [-0.2, 0) is 4.74 Å². The van der Waals surface area contributed by atoms with Crippen molar-refractivity contribution in [1.82, 2.24) is 4.98 Å². The zero-order chi connectivity index (χ0) is 13.8. The normalized spacial score (nSPS) is 10.3. The van der Waals surface area contributed by atoms with Gasteiger partial charge in [0.1, 0.15) is 5.75 Å². The maximum Gasteiger partial charge on any atom is 0.358 e. The summed E-state index contributed by atoms with van der Waals surface area (Å²) < 4.78 is 10.8. The van der Waals surface area contributed by atoms with Crippen LogP contribution in [0.1, 0.15) is 17.4 Å². The molecule has 4 nitrogen and oxygen atoms in total. The molecule has 2 rings (SSSR count). The third-order valence-corrected chi connectivity index (χ3v) is 3.94. The lowest BCUT2D eigenvalue weighted by molar-refractivity contribution is 0.0595. The van der Waals surface area contributed by atoms with Gasteiger partial charge in [-0.25, -0.2) is 9.78 Å². The smallest absolute Gasteiger partial charge is 0.358 e. The van der Waals surface area contributed by atoms with Gasteiger partial charge < -0.3 is 9.47 Å². The Morgan fingerprint density at radius 2 is 2.26 bits per heavy atom. The summed E-state index contributed by atoms with van der Waals surface area (Å²) in [5.41, 5.74) is 1.20. The van der Waals surface area contributed by atoms with E-state index in [0.717, 1.165) is 16.2 Å². The zero-order valence-electron chi connectivity index (χ0n) is 10.5. The average molecular weight is 342 g/mol. The van der Waals surface area contributed by atoms with Crippen molar-refractivity contribution in [2.45, 2.75) is 6.92 Å². The second kappa shape index (κ2) is 6.16. The van der Waals surface area contributed by atoms with Crippen molar-refractivity contribution in [3.8, 4) is 16.2 Å². The van der Waals surface area contributed by atoms with Crippen LogP contribution in [0.25, 0.3) is 10.4 Å². The van der Waals surface area contributed by atoms with E-state index in [1.807, 2.05) is 31.2 Å². The molecule has 0 amide bonds. The van der Waals surface area contributed by atoms with Crippen LogP contribution in [0, 0.1) is 0 Å². The van der Waals surface area contributed by atoms with Gasteiger partial charge >= 0.3 is 5.97 Å². The lowest BCUT2D eigenvalue weighted by Crippen LogP contribution is -2.03. The van der Waals surface area contributed by atoms with Crippen LogP contribution in [0.5, 0.6) is 5.75 Å². The molecule has 0 radical (unpaired) electrons. The largest absolute Gasteiger partial charge is 0.494 e. The lowest BCUT2D eigenvalue weighted by atomic mass is 10.1. The van der Waals surface area contributed by atoms with Crippen molar-refractivity contribution >= 4 is 33.2 Å². The van der Waals surface area contributed by atoms with Crippen molar-refractivity contribution in [2.75, 3.05) is 13.7 Å². The fourth-order valence-electron chi connectivity index (χ4n) is 1.62. The number of rotatable bonds is 4. The van der Waals surface area contributed by atoms with Crippen LogP contribution in [-0.4, -0.2) is 24.7 Å². The SMILES string of the molecule is CCOc1cccc(-c2sc(Br)nc2C(=O)OC)c1. The highest BCUT2D eigenvalue weighted by atomic mass is 79.9. The van der Waals surface area contributed by atoms with Crippen LogP contribution in [0.15, 0.2) is 28.2 Å². The Hall–Kier alpha value is -1.40. The highest BCUT2D eigenvalue weighted by Crippen LogP contribution is 2.34. The van der Waals surface area contributed by atoms with E-state index in [1.54, 1.807) is 0 Å². The Labute approximate surface area is 123 Å². The number of benzene rings is 1. The minimum Gasteiger partial charge on any atom is -0.494 e. The summed E-state index contributed by atoms with van der Waals surface area (Å²) in [4.78, 5) is 16.6. The molecule has 1 aromatic heterocycles. The van der Waals surface area contributed by atoms with Gasteiger partial charge in [0.15, 0.2) is 9.61 Å². The molecule has 6 heteroatoms. The Bertz CT molecular complexity index is 597. The summed E-state index contributed by atoms with van der Waals surface area (Å²) in [6.07, 6.45) is 0. The predicted octanol–water partition coefficient (Wildman–Crippen LogP) is 3.76. The van der Waals surface area contributed by atoms with Crippen LogP contribution in [0.4, 0.5) is 0 Å². The number of ether oxygens (including phenoxy) is 2. The highest BCUT2D eigenvalue weighted by molar-refractivity contribution is 9.11. The monoisotopic (exact) mass is 341 g/mol. The third kappa shape index (κ3) is 3.13. The number of carbonyl (C=O) groups excluding carboxylic acids is 1. The first-order chi connectivity index (χ1) is 9.15. The van der Waals surface area contributed by atoms with E-state index >= 15 is 0 Å². The van der Waals surface area contributed by atoms with E-state index in [9.17, 15) is 4.79 Å². The minimum atomic E-state index is -0.446. The molecule has 0 fully saturated rings.